The van der Waals surface area contributed by atoms with Gasteiger partial charge in [-0.25, -0.2) is 4.39 Å². The number of rotatable bonds is 5. The number of hydrogen-bond acceptors (Lipinski definition) is 2. The van der Waals surface area contributed by atoms with Crippen molar-refractivity contribution < 1.29 is 4.39 Å². The molecule has 19 heavy (non-hydrogen) atoms. The van der Waals surface area contributed by atoms with Crippen molar-refractivity contribution in [2.75, 3.05) is 13.1 Å². The van der Waals surface area contributed by atoms with Crippen LogP contribution in [0.2, 0.25) is 0 Å². The molecule has 1 aromatic carbocycles. The molecule has 0 amide bonds. The topological polar surface area (TPSA) is 29.3 Å². The van der Waals surface area contributed by atoms with Crippen molar-refractivity contribution in [3.05, 3.63) is 35.1 Å². The molecular formula is C16H25FN2. The van der Waals surface area contributed by atoms with Crippen LogP contribution in [0.15, 0.2) is 18.2 Å². The summed E-state index contributed by atoms with van der Waals surface area (Å²) in [5.74, 6) is 0.729. The number of piperidine rings is 1. The molecular weight excluding hydrogens is 239 g/mol. The van der Waals surface area contributed by atoms with E-state index in [0.717, 1.165) is 36.7 Å². The fourth-order valence-electron chi connectivity index (χ4n) is 3.03. The van der Waals surface area contributed by atoms with Crippen molar-refractivity contribution in [3.8, 4) is 0 Å². The molecule has 0 aromatic heterocycles. The largest absolute Gasteiger partial charge is 0.326 e. The van der Waals surface area contributed by atoms with Crippen LogP contribution in [-0.4, -0.2) is 18.0 Å². The van der Waals surface area contributed by atoms with E-state index in [-0.39, 0.29) is 5.82 Å². The Hall–Kier alpha value is -0.930. The monoisotopic (exact) mass is 264 g/mol. The van der Waals surface area contributed by atoms with Gasteiger partial charge in [-0.15, -0.1) is 0 Å². The van der Waals surface area contributed by atoms with Gasteiger partial charge in [-0.3, -0.25) is 4.90 Å². The lowest BCUT2D eigenvalue weighted by molar-refractivity contribution is 0.171. The second-order valence-electron chi connectivity index (χ2n) is 5.68. The van der Waals surface area contributed by atoms with Gasteiger partial charge >= 0.3 is 0 Å². The third-order valence-electron chi connectivity index (χ3n) is 4.06. The van der Waals surface area contributed by atoms with Gasteiger partial charge in [0.05, 0.1) is 0 Å². The van der Waals surface area contributed by atoms with Crippen molar-refractivity contribution in [2.45, 2.75) is 45.7 Å². The summed E-state index contributed by atoms with van der Waals surface area (Å²) in [5.41, 5.74) is 7.53. The van der Waals surface area contributed by atoms with Gasteiger partial charge in [0.25, 0.3) is 0 Å². The molecule has 1 saturated heterocycles. The Bertz CT molecular complexity index is 398. The van der Waals surface area contributed by atoms with Gasteiger partial charge in [0.15, 0.2) is 0 Å². The molecule has 0 saturated carbocycles. The van der Waals surface area contributed by atoms with E-state index < -0.39 is 0 Å². The quantitative estimate of drug-likeness (QED) is 0.884. The Balaban J connectivity index is 1.90. The maximum Gasteiger partial charge on any atom is 0.123 e. The highest BCUT2D eigenvalue weighted by Gasteiger charge is 2.18. The Morgan fingerprint density at radius 3 is 2.53 bits per heavy atom. The zero-order valence-corrected chi connectivity index (χ0v) is 11.9. The lowest BCUT2D eigenvalue weighted by Gasteiger charge is -2.32. The number of nitrogens with two attached hydrogens (primary N) is 1. The smallest absolute Gasteiger partial charge is 0.123 e. The first-order valence-corrected chi connectivity index (χ1v) is 7.42. The third kappa shape index (κ3) is 4.29. The molecule has 0 bridgehead atoms. The standard InChI is InChI=1S/C16H25FN2/c1-2-3-13-4-6-19(7-5-13)12-15-8-14(11-18)9-16(17)10-15/h8-10,13H,2-7,11-12,18H2,1H3. The summed E-state index contributed by atoms with van der Waals surface area (Å²) in [6, 6.07) is 5.19. The van der Waals surface area contributed by atoms with Crippen LogP contribution in [0, 0.1) is 11.7 Å². The van der Waals surface area contributed by atoms with Crippen LogP contribution in [0.5, 0.6) is 0 Å². The molecule has 0 atom stereocenters. The van der Waals surface area contributed by atoms with Gasteiger partial charge in [0, 0.05) is 13.1 Å². The van der Waals surface area contributed by atoms with E-state index in [0.29, 0.717) is 6.54 Å². The first-order chi connectivity index (χ1) is 9.21. The number of likely N-dealkylation sites (tertiary alicyclic amines) is 1. The van der Waals surface area contributed by atoms with E-state index >= 15 is 0 Å². The summed E-state index contributed by atoms with van der Waals surface area (Å²) in [6.07, 6.45) is 5.21. The van der Waals surface area contributed by atoms with Gasteiger partial charge in [-0.1, -0.05) is 25.8 Å². The van der Waals surface area contributed by atoms with E-state index in [1.807, 2.05) is 6.07 Å². The van der Waals surface area contributed by atoms with Crippen LogP contribution in [-0.2, 0) is 13.1 Å². The molecule has 1 heterocycles. The van der Waals surface area contributed by atoms with Crippen LogP contribution in [0.4, 0.5) is 4.39 Å². The average molecular weight is 264 g/mol. The zero-order valence-electron chi connectivity index (χ0n) is 11.9. The molecule has 1 aliphatic heterocycles. The van der Waals surface area contributed by atoms with Gasteiger partial charge in [-0.2, -0.15) is 0 Å². The fourth-order valence-corrected chi connectivity index (χ4v) is 3.03. The van der Waals surface area contributed by atoms with Crippen LogP contribution >= 0.6 is 0 Å². The normalized spacial score (nSPS) is 17.8. The Morgan fingerprint density at radius 1 is 1.21 bits per heavy atom. The lowest BCUT2D eigenvalue weighted by atomic mass is 9.92. The Labute approximate surface area is 115 Å². The minimum Gasteiger partial charge on any atom is -0.326 e. The summed E-state index contributed by atoms with van der Waals surface area (Å²) in [5, 5.41) is 0. The molecule has 0 aliphatic carbocycles. The van der Waals surface area contributed by atoms with Crippen LogP contribution in [0.3, 0.4) is 0 Å². The Kier molecular flexibility index (Phi) is 5.34. The van der Waals surface area contributed by atoms with Crippen molar-refractivity contribution in [2.24, 2.45) is 11.7 Å². The Morgan fingerprint density at radius 2 is 1.89 bits per heavy atom. The van der Waals surface area contributed by atoms with E-state index in [2.05, 4.69) is 11.8 Å². The molecule has 0 radical (unpaired) electrons. The molecule has 1 aliphatic rings. The molecule has 2 N–H and O–H groups in total. The van der Waals surface area contributed by atoms with Crippen molar-refractivity contribution >= 4 is 0 Å². The van der Waals surface area contributed by atoms with E-state index in [9.17, 15) is 4.39 Å². The number of benzene rings is 1. The maximum absolute atomic E-state index is 13.5. The molecule has 1 aromatic rings. The molecule has 2 rings (SSSR count). The number of nitrogens with zero attached hydrogens (tertiary/aromatic N) is 1. The highest BCUT2D eigenvalue weighted by atomic mass is 19.1. The summed E-state index contributed by atoms with van der Waals surface area (Å²) < 4.78 is 13.5. The van der Waals surface area contributed by atoms with Crippen molar-refractivity contribution in [3.63, 3.8) is 0 Å². The summed E-state index contributed by atoms with van der Waals surface area (Å²) in [6.45, 7) is 5.79. The van der Waals surface area contributed by atoms with Gasteiger partial charge in [0.1, 0.15) is 5.82 Å². The number of halogens is 1. The predicted molar refractivity (Wildman–Crippen MR) is 77.2 cm³/mol. The fraction of sp³-hybridized carbons (Fsp3) is 0.625. The molecule has 106 valence electrons. The van der Waals surface area contributed by atoms with Crippen molar-refractivity contribution in [1.29, 1.82) is 0 Å². The van der Waals surface area contributed by atoms with Gasteiger partial charge in [-0.05, 0) is 55.1 Å². The maximum atomic E-state index is 13.5. The van der Waals surface area contributed by atoms with Crippen molar-refractivity contribution in [1.82, 2.24) is 4.90 Å². The third-order valence-corrected chi connectivity index (χ3v) is 4.06. The zero-order chi connectivity index (χ0) is 13.7. The minimum absolute atomic E-state index is 0.168. The van der Waals surface area contributed by atoms with Gasteiger partial charge < -0.3 is 5.73 Å². The van der Waals surface area contributed by atoms with Crippen LogP contribution in [0.1, 0.15) is 43.7 Å². The second kappa shape index (κ2) is 7.01. The van der Waals surface area contributed by atoms with Crippen LogP contribution < -0.4 is 5.73 Å². The first kappa shape index (κ1) is 14.5. The molecule has 3 heteroatoms. The van der Waals surface area contributed by atoms with E-state index in [4.69, 9.17) is 5.73 Å². The molecule has 1 fully saturated rings. The van der Waals surface area contributed by atoms with E-state index in [1.165, 1.54) is 31.7 Å². The van der Waals surface area contributed by atoms with Gasteiger partial charge in [0.2, 0.25) is 0 Å². The summed E-state index contributed by atoms with van der Waals surface area (Å²) >= 11 is 0. The minimum atomic E-state index is -0.168. The average Bonchev–Trinajstić information content (AvgIpc) is 2.40. The molecule has 2 nitrogen and oxygen atoms in total. The summed E-state index contributed by atoms with van der Waals surface area (Å²) in [7, 11) is 0. The summed E-state index contributed by atoms with van der Waals surface area (Å²) in [4.78, 5) is 2.43. The van der Waals surface area contributed by atoms with Crippen LogP contribution in [0.25, 0.3) is 0 Å². The highest BCUT2D eigenvalue weighted by Crippen LogP contribution is 2.23. The SMILES string of the molecule is CCCC1CCN(Cc2cc(F)cc(CN)c2)CC1. The van der Waals surface area contributed by atoms with E-state index in [1.54, 1.807) is 6.07 Å². The predicted octanol–water partition coefficient (Wildman–Crippen LogP) is 3.30. The highest BCUT2D eigenvalue weighted by molar-refractivity contribution is 5.24. The number of hydrogen-bond donors (Lipinski definition) is 1. The second-order valence-corrected chi connectivity index (χ2v) is 5.68. The lowest BCUT2D eigenvalue weighted by Crippen LogP contribution is -2.33. The first-order valence-electron chi connectivity index (χ1n) is 7.42. The molecule has 0 spiro atoms. The molecule has 0 unspecified atom stereocenters.